The second-order valence-electron chi connectivity index (χ2n) is 11.8. The molecule has 10 heteroatoms. The predicted molar refractivity (Wildman–Crippen MR) is 136 cm³/mol. The zero-order valence-corrected chi connectivity index (χ0v) is 23.0. The molecule has 206 valence electrons. The molecular weight excluding hydrogens is 464 g/mol. The minimum absolute atomic E-state index is 0.130. The fourth-order valence-corrected chi connectivity index (χ4v) is 4.80. The molecule has 2 unspecified atom stereocenters. The summed E-state index contributed by atoms with van der Waals surface area (Å²) >= 11 is 0. The molecule has 2 atom stereocenters. The lowest BCUT2D eigenvalue weighted by molar-refractivity contribution is -0.127. The Labute approximate surface area is 215 Å². The van der Waals surface area contributed by atoms with Gasteiger partial charge in [0.25, 0.3) is 0 Å². The van der Waals surface area contributed by atoms with Crippen molar-refractivity contribution in [3.05, 3.63) is 0 Å². The van der Waals surface area contributed by atoms with Crippen molar-refractivity contribution < 1.29 is 29.4 Å². The normalized spacial score (nSPS) is 19.2. The number of carbonyl (C=O) groups excluding carboxylic acids is 4. The van der Waals surface area contributed by atoms with Gasteiger partial charge in [-0.1, -0.05) is 27.7 Å². The Morgan fingerprint density at radius 2 is 1.00 bits per heavy atom. The van der Waals surface area contributed by atoms with Crippen LogP contribution in [0.2, 0.25) is 0 Å². The summed E-state index contributed by atoms with van der Waals surface area (Å²) in [7, 11) is 0. The van der Waals surface area contributed by atoms with Crippen molar-refractivity contribution in [1.82, 2.24) is 19.6 Å². The largest absolute Gasteiger partial charge is 0.393 e. The third-order valence-corrected chi connectivity index (χ3v) is 7.33. The summed E-state index contributed by atoms with van der Waals surface area (Å²) in [5.74, 6) is -0.356. The van der Waals surface area contributed by atoms with Crippen LogP contribution in [0.15, 0.2) is 0 Å². The SMILES string of the molecule is CCN1CC(=O)N(CC(C)(C)CCC(O)CCC(O)CCC(C)(C)CN2C(=O)CN(CC)C2=O)C1=O. The van der Waals surface area contributed by atoms with E-state index in [9.17, 15) is 29.4 Å². The number of likely N-dealkylation sites (N-methyl/N-ethyl adjacent to an activating group) is 2. The minimum Gasteiger partial charge on any atom is -0.393 e. The van der Waals surface area contributed by atoms with Gasteiger partial charge in [0.2, 0.25) is 11.8 Å². The Morgan fingerprint density at radius 1 is 0.667 bits per heavy atom. The first-order valence-electron chi connectivity index (χ1n) is 13.2. The van der Waals surface area contributed by atoms with E-state index in [0.29, 0.717) is 64.7 Å². The highest BCUT2D eigenvalue weighted by molar-refractivity contribution is 6.02. The topological polar surface area (TPSA) is 122 Å². The van der Waals surface area contributed by atoms with Crippen LogP contribution >= 0.6 is 0 Å². The van der Waals surface area contributed by atoms with E-state index in [2.05, 4.69) is 0 Å². The molecule has 2 rings (SSSR count). The number of hydrogen-bond acceptors (Lipinski definition) is 6. The van der Waals surface area contributed by atoms with Crippen LogP contribution in [0.1, 0.15) is 80.1 Å². The molecule has 2 aliphatic heterocycles. The van der Waals surface area contributed by atoms with E-state index in [1.165, 1.54) is 19.6 Å². The summed E-state index contributed by atoms with van der Waals surface area (Å²) in [6.07, 6.45) is 2.08. The maximum Gasteiger partial charge on any atom is 0.327 e. The first-order chi connectivity index (χ1) is 16.7. The molecule has 2 aliphatic rings. The van der Waals surface area contributed by atoms with Gasteiger partial charge in [0.1, 0.15) is 13.1 Å². The summed E-state index contributed by atoms with van der Waals surface area (Å²) in [5.41, 5.74) is -0.646. The van der Waals surface area contributed by atoms with Gasteiger partial charge < -0.3 is 20.0 Å². The lowest BCUT2D eigenvalue weighted by Crippen LogP contribution is -2.40. The molecule has 36 heavy (non-hydrogen) atoms. The van der Waals surface area contributed by atoms with Crippen molar-refractivity contribution in [2.45, 2.75) is 92.3 Å². The van der Waals surface area contributed by atoms with Gasteiger partial charge in [-0.3, -0.25) is 19.4 Å². The van der Waals surface area contributed by atoms with Crippen molar-refractivity contribution in [1.29, 1.82) is 0 Å². The molecule has 10 nitrogen and oxygen atoms in total. The van der Waals surface area contributed by atoms with Gasteiger partial charge in [-0.05, 0) is 63.2 Å². The molecule has 0 bridgehead atoms. The number of aliphatic hydroxyl groups is 2. The number of aliphatic hydroxyl groups excluding tert-OH is 2. The zero-order chi connectivity index (χ0) is 27.3. The van der Waals surface area contributed by atoms with Crippen molar-refractivity contribution in [2.75, 3.05) is 39.3 Å². The summed E-state index contributed by atoms with van der Waals surface area (Å²) in [4.78, 5) is 54.7. The van der Waals surface area contributed by atoms with E-state index in [1.54, 1.807) is 0 Å². The second-order valence-corrected chi connectivity index (χ2v) is 11.8. The Balaban J connectivity index is 1.71. The van der Waals surface area contributed by atoms with Crippen LogP contribution in [0.25, 0.3) is 0 Å². The number of amides is 6. The second kappa shape index (κ2) is 12.4. The van der Waals surface area contributed by atoms with Crippen LogP contribution in [-0.4, -0.2) is 105 Å². The van der Waals surface area contributed by atoms with E-state index >= 15 is 0 Å². The quantitative estimate of drug-likeness (QED) is 0.327. The van der Waals surface area contributed by atoms with Crippen LogP contribution in [0.5, 0.6) is 0 Å². The zero-order valence-electron chi connectivity index (χ0n) is 23.0. The van der Waals surface area contributed by atoms with Crippen LogP contribution in [0, 0.1) is 10.8 Å². The average molecular weight is 511 g/mol. The number of imide groups is 2. The molecule has 6 amide bonds. The van der Waals surface area contributed by atoms with Crippen molar-refractivity contribution in [3.63, 3.8) is 0 Å². The standard InChI is InChI=1S/C26H46N4O6/c1-7-27-15-21(33)29(23(27)35)17-25(3,4)13-11-19(31)9-10-20(32)12-14-26(5,6)18-30-22(34)16-28(8-2)24(30)36/h19-20,31-32H,7-18H2,1-6H3. The highest BCUT2D eigenvalue weighted by Crippen LogP contribution is 2.29. The van der Waals surface area contributed by atoms with Gasteiger partial charge in [0, 0.05) is 26.2 Å². The Morgan fingerprint density at radius 3 is 1.28 bits per heavy atom. The van der Waals surface area contributed by atoms with Crippen molar-refractivity contribution >= 4 is 23.9 Å². The number of nitrogens with zero attached hydrogens (tertiary/aromatic N) is 4. The minimum atomic E-state index is -0.580. The van der Waals surface area contributed by atoms with Gasteiger partial charge in [-0.2, -0.15) is 0 Å². The molecule has 0 spiro atoms. The number of rotatable bonds is 15. The summed E-state index contributed by atoms with van der Waals surface area (Å²) in [6.45, 7) is 13.6. The van der Waals surface area contributed by atoms with E-state index in [-0.39, 0.29) is 47.8 Å². The Kier molecular flexibility index (Phi) is 10.3. The van der Waals surface area contributed by atoms with Crippen LogP contribution < -0.4 is 0 Å². The molecule has 0 aromatic rings. The van der Waals surface area contributed by atoms with Gasteiger partial charge in [-0.25, -0.2) is 9.59 Å². The van der Waals surface area contributed by atoms with E-state index in [0.717, 1.165) is 0 Å². The Bertz CT molecular complexity index is 748. The third kappa shape index (κ3) is 8.16. The molecule has 0 aromatic heterocycles. The lowest BCUT2D eigenvalue weighted by atomic mass is 9.84. The van der Waals surface area contributed by atoms with Gasteiger partial charge in [-0.15, -0.1) is 0 Å². The Hall–Kier alpha value is -2.20. The van der Waals surface area contributed by atoms with Crippen LogP contribution in [0.4, 0.5) is 9.59 Å². The fraction of sp³-hybridized carbons (Fsp3) is 0.846. The van der Waals surface area contributed by atoms with Gasteiger partial charge in [0.15, 0.2) is 0 Å². The van der Waals surface area contributed by atoms with E-state index in [4.69, 9.17) is 0 Å². The molecular formula is C26H46N4O6. The highest BCUT2D eigenvalue weighted by Gasteiger charge is 2.39. The monoisotopic (exact) mass is 510 g/mol. The van der Waals surface area contributed by atoms with Crippen LogP contribution in [-0.2, 0) is 9.59 Å². The molecule has 2 heterocycles. The number of urea groups is 2. The van der Waals surface area contributed by atoms with Crippen molar-refractivity contribution in [3.8, 4) is 0 Å². The first-order valence-corrected chi connectivity index (χ1v) is 13.2. The molecule has 0 aromatic carbocycles. The van der Waals surface area contributed by atoms with E-state index < -0.39 is 12.2 Å². The molecule has 2 N–H and O–H groups in total. The summed E-state index contributed by atoms with van der Waals surface area (Å²) in [6, 6.07) is -0.494. The van der Waals surface area contributed by atoms with Crippen molar-refractivity contribution in [2.24, 2.45) is 10.8 Å². The van der Waals surface area contributed by atoms with Gasteiger partial charge >= 0.3 is 12.1 Å². The fourth-order valence-electron chi connectivity index (χ4n) is 4.80. The smallest absolute Gasteiger partial charge is 0.327 e. The van der Waals surface area contributed by atoms with Gasteiger partial charge in [0.05, 0.1) is 12.2 Å². The summed E-state index contributed by atoms with van der Waals surface area (Å²) in [5, 5.41) is 21.0. The van der Waals surface area contributed by atoms with Crippen LogP contribution in [0.3, 0.4) is 0 Å². The third-order valence-electron chi connectivity index (χ3n) is 7.33. The maximum atomic E-state index is 12.3. The molecule has 2 fully saturated rings. The first kappa shape index (κ1) is 30.0. The highest BCUT2D eigenvalue weighted by atomic mass is 16.3. The molecule has 0 saturated carbocycles. The maximum absolute atomic E-state index is 12.3. The molecule has 2 saturated heterocycles. The lowest BCUT2D eigenvalue weighted by Gasteiger charge is -2.30. The number of carbonyl (C=O) groups is 4. The predicted octanol–water partition coefficient (Wildman–Crippen LogP) is 2.67. The molecule has 0 aliphatic carbocycles. The number of hydrogen-bond donors (Lipinski definition) is 2. The summed E-state index contributed by atoms with van der Waals surface area (Å²) < 4.78 is 0. The van der Waals surface area contributed by atoms with E-state index in [1.807, 2.05) is 41.5 Å². The average Bonchev–Trinajstić information content (AvgIpc) is 3.23. The molecule has 0 radical (unpaired) electrons.